The van der Waals surface area contributed by atoms with Crippen molar-refractivity contribution in [2.75, 3.05) is 6.56 Å². The summed E-state index contributed by atoms with van der Waals surface area (Å²) in [4.78, 5) is 28.9. The van der Waals surface area contributed by atoms with Gasteiger partial charge in [-0.2, -0.15) is 0 Å². The monoisotopic (exact) mass is 298 g/mol. The second-order valence-corrected chi connectivity index (χ2v) is 4.00. The maximum Gasteiger partial charge on any atom is 0.151 e. The van der Waals surface area contributed by atoms with Gasteiger partial charge in [0.25, 0.3) is 0 Å². The van der Waals surface area contributed by atoms with Crippen molar-refractivity contribution in [1.29, 1.82) is 0 Å². The van der Waals surface area contributed by atoms with Crippen LogP contribution in [0.15, 0.2) is 0 Å². The van der Waals surface area contributed by atoms with Gasteiger partial charge in [0.1, 0.15) is 36.0 Å². The standard InChI is InChI=1S/C6H12O6.2C3H6O/c7-1-3(9)5(11)6(12)4(10)2-8;2*1-3(2)4/h1,3-6,8-12H,2H2;2*1-2H3/i2D2;;. The van der Waals surface area contributed by atoms with Crippen molar-refractivity contribution in [1.82, 2.24) is 0 Å². The number of aldehydes is 1. The summed E-state index contributed by atoms with van der Waals surface area (Å²) < 4.78 is 13.2. The van der Waals surface area contributed by atoms with Gasteiger partial charge in [-0.05, 0) is 27.7 Å². The number of ketones is 2. The van der Waals surface area contributed by atoms with Crippen molar-refractivity contribution >= 4 is 17.9 Å². The minimum absolute atomic E-state index is 0.0897. The molecule has 0 rings (SSSR count). The molecule has 0 aromatic heterocycles. The van der Waals surface area contributed by atoms with Gasteiger partial charge in [-0.15, -0.1) is 0 Å². The van der Waals surface area contributed by atoms with Gasteiger partial charge in [0.2, 0.25) is 0 Å². The van der Waals surface area contributed by atoms with Crippen molar-refractivity contribution in [2.45, 2.75) is 52.1 Å². The van der Waals surface area contributed by atoms with Gasteiger partial charge in [-0.3, -0.25) is 0 Å². The van der Waals surface area contributed by atoms with Crippen molar-refractivity contribution in [3.05, 3.63) is 0 Å². The Bertz CT molecular complexity index is 323. The largest absolute Gasteiger partial charge is 0.394 e. The van der Waals surface area contributed by atoms with Crippen LogP contribution in [0, 0.1) is 0 Å². The number of hydrogen-bond donors (Lipinski definition) is 5. The highest BCUT2D eigenvalue weighted by Crippen LogP contribution is 2.02. The molecule has 120 valence electrons. The van der Waals surface area contributed by atoms with E-state index in [4.69, 9.17) is 28.3 Å². The molecule has 0 aromatic carbocycles. The average Bonchev–Trinajstić information content (AvgIpc) is 2.32. The SMILES string of the molecule is CC(C)=O.CC(C)=O.[2H]C([2H])(O)C(O)C(O)C(O)C(O)C=O. The molecule has 0 aliphatic carbocycles. The molecule has 4 unspecified atom stereocenters. The molecule has 0 radical (unpaired) electrons. The summed E-state index contributed by atoms with van der Waals surface area (Å²) in [5, 5.41) is 44.2. The lowest BCUT2D eigenvalue weighted by atomic mass is 10.0. The Morgan fingerprint density at radius 3 is 1.50 bits per heavy atom. The predicted octanol–water partition coefficient (Wildman–Crippen LogP) is -2.19. The van der Waals surface area contributed by atoms with Crippen LogP contribution >= 0.6 is 0 Å². The number of aliphatic hydroxyl groups is 5. The molecule has 0 aliphatic rings. The molecule has 8 nitrogen and oxygen atoms in total. The third-order valence-corrected chi connectivity index (χ3v) is 1.30. The van der Waals surface area contributed by atoms with E-state index in [1.54, 1.807) is 0 Å². The third-order valence-electron chi connectivity index (χ3n) is 1.30. The summed E-state index contributed by atoms with van der Waals surface area (Å²) in [7, 11) is 0. The van der Waals surface area contributed by atoms with Gasteiger partial charge < -0.3 is 39.9 Å². The van der Waals surface area contributed by atoms with E-state index in [1.165, 1.54) is 27.7 Å². The molecule has 0 fully saturated rings. The molecule has 0 saturated carbocycles. The van der Waals surface area contributed by atoms with Gasteiger partial charge in [-0.1, -0.05) is 0 Å². The quantitative estimate of drug-likeness (QED) is 0.359. The summed E-state index contributed by atoms with van der Waals surface area (Å²) in [6, 6.07) is 0. The molecule has 8 heteroatoms. The Morgan fingerprint density at radius 2 is 1.30 bits per heavy atom. The molecule has 0 bridgehead atoms. The highest BCUT2D eigenvalue weighted by atomic mass is 16.4. The molecule has 0 heterocycles. The first-order valence-corrected chi connectivity index (χ1v) is 5.52. The lowest BCUT2D eigenvalue weighted by Crippen LogP contribution is -2.46. The van der Waals surface area contributed by atoms with Crippen LogP contribution in [0.3, 0.4) is 0 Å². The fourth-order valence-electron chi connectivity index (χ4n) is 0.546. The van der Waals surface area contributed by atoms with Crippen LogP contribution in [0.1, 0.15) is 30.4 Å². The minimum Gasteiger partial charge on any atom is -0.394 e. The maximum absolute atomic E-state index is 9.96. The van der Waals surface area contributed by atoms with Crippen LogP contribution in [-0.2, 0) is 14.4 Å². The Kier molecular flexibility index (Phi) is 13.4. The number of hydrogen-bond acceptors (Lipinski definition) is 8. The summed E-state index contributed by atoms with van der Waals surface area (Å²) in [5.41, 5.74) is 0. The topological polar surface area (TPSA) is 152 Å². The zero-order valence-electron chi connectivity index (χ0n) is 13.8. The zero-order chi connectivity index (χ0) is 18.7. The van der Waals surface area contributed by atoms with Gasteiger partial charge in [0.05, 0.1) is 9.30 Å². The second-order valence-electron chi connectivity index (χ2n) is 4.00. The first-order valence-electron chi connectivity index (χ1n) is 6.52. The van der Waals surface area contributed by atoms with Crippen molar-refractivity contribution in [3.8, 4) is 0 Å². The van der Waals surface area contributed by atoms with Crippen molar-refractivity contribution in [3.63, 3.8) is 0 Å². The molecule has 0 aromatic rings. The van der Waals surface area contributed by atoms with Crippen LogP contribution in [0.25, 0.3) is 0 Å². The summed E-state index contributed by atoms with van der Waals surface area (Å²) in [5.74, 6) is 0.333. The highest BCUT2D eigenvalue weighted by Gasteiger charge is 2.29. The lowest BCUT2D eigenvalue weighted by Gasteiger charge is -2.22. The van der Waals surface area contributed by atoms with E-state index in [1.807, 2.05) is 0 Å². The summed E-state index contributed by atoms with van der Waals surface area (Å²) in [6.45, 7) is 2.98. The molecular weight excluding hydrogens is 272 g/mol. The lowest BCUT2D eigenvalue weighted by molar-refractivity contribution is -0.136. The van der Waals surface area contributed by atoms with Gasteiger partial charge >= 0.3 is 0 Å². The van der Waals surface area contributed by atoms with Crippen LogP contribution in [-0.4, -0.2) is 74.4 Å². The molecule has 20 heavy (non-hydrogen) atoms. The number of Topliss-reactive ketones (excluding diaryl/α,β-unsaturated/α-hetero) is 2. The van der Waals surface area contributed by atoms with E-state index < -0.39 is 31.0 Å². The maximum atomic E-state index is 9.96. The van der Waals surface area contributed by atoms with Gasteiger partial charge in [0.15, 0.2) is 6.29 Å². The number of carbonyl (C=O) groups excluding carboxylic acids is 3. The predicted molar refractivity (Wildman–Crippen MR) is 69.9 cm³/mol. The minimum atomic E-state index is -3.14. The number of rotatable bonds is 5. The summed E-state index contributed by atoms with van der Waals surface area (Å²) >= 11 is 0. The van der Waals surface area contributed by atoms with E-state index in [0.29, 0.717) is 0 Å². The summed E-state index contributed by atoms with van der Waals surface area (Å²) in [6.07, 6.45) is -8.61. The normalized spacial score (nSPS) is 17.4. The van der Waals surface area contributed by atoms with Crippen LogP contribution in [0.2, 0.25) is 0 Å². The van der Waals surface area contributed by atoms with Crippen molar-refractivity contribution < 1.29 is 42.7 Å². The van der Waals surface area contributed by atoms with Crippen LogP contribution in [0.4, 0.5) is 0 Å². The van der Waals surface area contributed by atoms with E-state index in [-0.39, 0.29) is 17.9 Å². The first kappa shape index (κ1) is 18.8. The highest BCUT2D eigenvalue weighted by molar-refractivity contribution is 5.72. The van der Waals surface area contributed by atoms with E-state index >= 15 is 0 Å². The fourth-order valence-corrected chi connectivity index (χ4v) is 0.546. The molecule has 0 amide bonds. The molecule has 0 saturated heterocycles. The van der Waals surface area contributed by atoms with E-state index in [9.17, 15) is 14.4 Å². The molecule has 5 N–H and O–H groups in total. The number of aliphatic hydroxyl groups excluding tert-OH is 4. The Balaban J connectivity index is -0.000000372. The third kappa shape index (κ3) is 19.2. The molecule has 0 aliphatic heterocycles. The molecule has 4 atom stereocenters. The molecular formula is C12H24O8. The Morgan fingerprint density at radius 1 is 1.00 bits per heavy atom. The van der Waals surface area contributed by atoms with Gasteiger partial charge in [-0.25, -0.2) is 0 Å². The van der Waals surface area contributed by atoms with Crippen molar-refractivity contribution in [2.24, 2.45) is 0 Å². The first-order chi connectivity index (χ1) is 9.68. The van der Waals surface area contributed by atoms with E-state index in [2.05, 4.69) is 0 Å². The Hall–Kier alpha value is -1.19. The Labute approximate surface area is 120 Å². The smallest absolute Gasteiger partial charge is 0.151 e. The molecule has 0 spiro atoms. The fraction of sp³-hybridized carbons (Fsp3) is 0.750. The average molecular weight is 298 g/mol. The van der Waals surface area contributed by atoms with Crippen LogP contribution in [0.5, 0.6) is 0 Å². The number of carbonyl (C=O) groups is 3. The zero-order valence-corrected chi connectivity index (χ0v) is 11.8. The van der Waals surface area contributed by atoms with E-state index in [0.717, 1.165) is 0 Å². The van der Waals surface area contributed by atoms with Crippen LogP contribution < -0.4 is 0 Å². The van der Waals surface area contributed by atoms with Gasteiger partial charge in [0, 0.05) is 0 Å². The second kappa shape index (κ2) is 14.2.